The Labute approximate surface area is 67.0 Å². The maximum Gasteiger partial charge on any atom is 0.00560 e. The standard InChI is InChI=1S/C10H13N/c11-8-5-9-3-1-2-4-10(9,6-8)7-9/h1-4,8H,5-7,11H2. The molecule has 0 amide bonds. The summed E-state index contributed by atoms with van der Waals surface area (Å²) in [5.74, 6) is 0. The zero-order valence-electron chi connectivity index (χ0n) is 6.59. The molecule has 0 aromatic carbocycles. The van der Waals surface area contributed by atoms with Crippen LogP contribution in [0.5, 0.6) is 0 Å². The minimum atomic E-state index is 0.455. The van der Waals surface area contributed by atoms with Crippen molar-refractivity contribution in [2.24, 2.45) is 16.6 Å². The van der Waals surface area contributed by atoms with Crippen molar-refractivity contribution in [1.29, 1.82) is 0 Å². The van der Waals surface area contributed by atoms with Crippen LogP contribution in [0.4, 0.5) is 0 Å². The average Bonchev–Trinajstić information content (AvgIpc) is 2.47. The van der Waals surface area contributed by atoms with E-state index >= 15 is 0 Å². The third-order valence-electron chi connectivity index (χ3n) is 3.69. The van der Waals surface area contributed by atoms with E-state index in [0.29, 0.717) is 16.9 Å². The van der Waals surface area contributed by atoms with Gasteiger partial charge in [0.25, 0.3) is 0 Å². The molecule has 1 heteroatoms. The van der Waals surface area contributed by atoms with Gasteiger partial charge in [0, 0.05) is 16.9 Å². The van der Waals surface area contributed by atoms with Gasteiger partial charge in [0.05, 0.1) is 0 Å². The van der Waals surface area contributed by atoms with E-state index in [1.54, 1.807) is 0 Å². The van der Waals surface area contributed by atoms with Gasteiger partial charge in [-0.3, -0.25) is 0 Å². The molecule has 11 heavy (non-hydrogen) atoms. The summed E-state index contributed by atoms with van der Waals surface area (Å²) in [4.78, 5) is 0. The molecule has 2 atom stereocenters. The number of rotatable bonds is 0. The number of nitrogens with two attached hydrogens (primary N) is 1. The molecule has 2 saturated carbocycles. The SMILES string of the molecule is NC1CC23C=CC=CC2(C1)C3. The normalized spacial score (nSPS) is 57.4. The first-order valence-corrected chi connectivity index (χ1v) is 4.39. The predicted molar refractivity (Wildman–Crippen MR) is 45.0 cm³/mol. The van der Waals surface area contributed by atoms with Gasteiger partial charge in [0.15, 0.2) is 0 Å². The summed E-state index contributed by atoms with van der Waals surface area (Å²) in [6, 6.07) is 0.455. The predicted octanol–water partition coefficient (Wildman–Crippen LogP) is 1.61. The Hall–Kier alpha value is -0.560. The fraction of sp³-hybridized carbons (Fsp3) is 0.600. The first-order chi connectivity index (χ1) is 5.27. The quantitative estimate of drug-likeness (QED) is 0.553. The number of hydrogen-bond acceptors (Lipinski definition) is 1. The van der Waals surface area contributed by atoms with Crippen LogP contribution in [-0.2, 0) is 0 Å². The number of allylic oxidation sites excluding steroid dienone is 4. The van der Waals surface area contributed by atoms with E-state index in [9.17, 15) is 0 Å². The lowest BCUT2D eigenvalue weighted by Crippen LogP contribution is -2.18. The first-order valence-electron chi connectivity index (χ1n) is 4.39. The summed E-state index contributed by atoms with van der Waals surface area (Å²) in [6.07, 6.45) is 12.9. The van der Waals surface area contributed by atoms with E-state index < -0.39 is 0 Å². The molecule has 0 aromatic heterocycles. The van der Waals surface area contributed by atoms with Crippen molar-refractivity contribution < 1.29 is 0 Å². The third-order valence-corrected chi connectivity index (χ3v) is 3.69. The molecular formula is C10H13N. The van der Waals surface area contributed by atoms with Gasteiger partial charge in [-0.25, -0.2) is 0 Å². The van der Waals surface area contributed by atoms with Crippen molar-refractivity contribution in [2.75, 3.05) is 0 Å². The van der Waals surface area contributed by atoms with Crippen LogP contribution in [0.2, 0.25) is 0 Å². The fourth-order valence-corrected chi connectivity index (χ4v) is 3.14. The van der Waals surface area contributed by atoms with Gasteiger partial charge in [-0.15, -0.1) is 0 Å². The molecule has 2 unspecified atom stereocenters. The summed E-state index contributed by atoms with van der Waals surface area (Å²) in [6.45, 7) is 0. The van der Waals surface area contributed by atoms with E-state index in [-0.39, 0.29) is 0 Å². The van der Waals surface area contributed by atoms with Crippen molar-refractivity contribution in [1.82, 2.24) is 0 Å². The molecule has 3 aliphatic rings. The summed E-state index contributed by atoms with van der Waals surface area (Å²) in [5, 5.41) is 0. The second-order valence-electron chi connectivity index (χ2n) is 4.38. The first kappa shape index (κ1) is 6.01. The molecule has 3 rings (SSSR count). The maximum atomic E-state index is 5.94. The van der Waals surface area contributed by atoms with Crippen LogP contribution in [0.15, 0.2) is 24.3 Å². The second kappa shape index (κ2) is 1.46. The second-order valence-corrected chi connectivity index (χ2v) is 4.38. The summed E-state index contributed by atoms with van der Waals surface area (Å²) >= 11 is 0. The Bertz CT molecular complexity index is 240. The molecule has 1 nitrogen and oxygen atoms in total. The van der Waals surface area contributed by atoms with Gasteiger partial charge in [0.1, 0.15) is 0 Å². The van der Waals surface area contributed by atoms with Gasteiger partial charge in [-0.1, -0.05) is 24.3 Å². The highest BCUT2D eigenvalue weighted by atomic mass is 14.8. The Balaban J connectivity index is 2.06. The van der Waals surface area contributed by atoms with Crippen LogP contribution < -0.4 is 5.73 Å². The summed E-state index contributed by atoms with van der Waals surface area (Å²) < 4.78 is 0. The monoisotopic (exact) mass is 147 g/mol. The van der Waals surface area contributed by atoms with Gasteiger partial charge in [-0.2, -0.15) is 0 Å². The maximum absolute atomic E-state index is 5.94. The molecule has 2 N–H and O–H groups in total. The number of hydrogen-bond donors (Lipinski definition) is 1. The molecule has 2 fully saturated rings. The molecule has 0 bridgehead atoms. The van der Waals surface area contributed by atoms with Crippen LogP contribution in [-0.4, -0.2) is 6.04 Å². The van der Waals surface area contributed by atoms with E-state index in [1.165, 1.54) is 19.3 Å². The molecule has 0 spiro atoms. The van der Waals surface area contributed by atoms with Crippen LogP contribution in [0, 0.1) is 10.8 Å². The minimum Gasteiger partial charge on any atom is -0.328 e. The van der Waals surface area contributed by atoms with Crippen LogP contribution >= 0.6 is 0 Å². The highest BCUT2D eigenvalue weighted by Crippen LogP contribution is 2.75. The lowest BCUT2D eigenvalue weighted by atomic mass is 9.92. The van der Waals surface area contributed by atoms with E-state index in [1.807, 2.05) is 0 Å². The van der Waals surface area contributed by atoms with Crippen LogP contribution in [0.3, 0.4) is 0 Å². The van der Waals surface area contributed by atoms with Crippen LogP contribution in [0.1, 0.15) is 19.3 Å². The molecule has 0 aromatic rings. The smallest absolute Gasteiger partial charge is 0.00560 e. The van der Waals surface area contributed by atoms with Gasteiger partial charge < -0.3 is 5.73 Å². The van der Waals surface area contributed by atoms with Crippen molar-refractivity contribution in [3.05, 3.63) is 24.3 Å². The zero-order valence-corrected chi connectivity index (χ0v) is 6.59. The summed E-state index contributed by atoms with van der Waals surface area (Å²) in [7, 11) is 0. The zero-order chi connectivity index (χ0) is 7.53. The van der Waals surface area contributed by atoms with Gasteiger partial charge in [0.2, 0.25) is 0 Å². The molecule has 0 heterocycles. The molecule has 0 radical (unpaired) electrons. The van der Waals surface area contributed by atoms with E-state index in [4.69, 9.17) is 5.73 Å². The van der Waals surface area contributed by atoms with E-state index in [0.717, 1.165) is 0 Å². The van der Waals surface area contributed by atoms with Crippen molar-refractivity contribution in [3.8, 4) is 0 Å². The lowest BCUT2D eigenvalue weighted by Gasteiger charge is -2.12. The molecule has 3 aliphatic carbocycles. The molecule has 0 aliphatic heterocycles. The van der Waals surface area contributed by atoms with Crippen molar-refractivity contribution >= 4 is 0 Å². The third kappa shape index (κ3) is 0.529. The topological polar surface area (TPSA) is 26.0 Å². The summed E-state index contributed by atoms with van der Waals surface area (Å²) in [5.41, 5.74) is 6.97. The van der Waals surface area contributed by atoms with E-state index in [2.05, 4.69) is 24.3 Å². The van der Waals surface area contributed by atoms with Gasteiger partial charge in [-0.05, 0) is 19.3 Å². The van der Waals surface area contributed by atoms with Crippen LogP contribution in [0.25, 0.3) is 0 Å². The lowest BCUT2D eigenvalue weighted by molar-refractivity contribution is 0.552. The van der Waals surface area contributed by atoms with Gasteiger partial charge >= 0.3 is 0 Å². The fourth-order valence-electron chi connectivity index (χ4n) is 3.14. The van der Waals surface area contributed by atoms with Crippen molar-refractivity contribution in [2.45, 2.75) is 25.3 Å². The molecular weight excluding hydrogens is 134 g/mol. The average molecular weight is 147 g/mol. The van der Waals surface area contributed by atoms with Crippen molar-refractivity contribution in [3.63, 3.8) is 0 Å². The minimum absolute atomic E-state index is 0.455. The Morgan fingerprint density at radius 1 is 1.09 bits per heavy atom. The Morgan fingerprint density at radius 3 is 2.18 bits per heavy atom. The highest BCUT2D eigenvalue weighted by molar-refractivity contribution is 5.39. The molecule has 0 saturated heterocycles. The Kier molecular flexibility index (Phi) is 0.799. The highest BCUT2D eigenvalue weighted by Gasteiger charge is 2.69. The largest absolute Gasteiger partial charge is 0.328 e. The Morgan fingerprint density at radius 2 is 1.64 bits per heavy atom. The molecule has 58 valence electrons.